The van der Waals surface area contributed by atoms with Gasteiger partial charge in [-0.05, 0) is 24.2 Å². The zero-order valence-corrected chi connectivity index (χ0v) is 9.30. The predicted octanol–water partition coefficient (Wildman–Crippen LogP) is 0.427. The standard InChI is InChI=1S/C11H18N2O2/c1-7(2)11(3-4-11)6-12-8-5-9(14)13-10(8)15/h7-8,12H,3-6H2,1-2H3,(H,13,14,15). The first-order valence-corrected chi connectivity index (χ1v) is 5.60. The van der Waals surface area contributed by atoms with E-state index in [-0.39, 0.29) is 17.9 Å². The van der Waals surface area contributed by atoms with E-state index >= 15 is 0 Å². The molecule has 84 valence electrons. The first-order valence-electron chi connectivity index (χ1n) is 5.60. The van der Waals surface area contributed by atoms with E-state index in [1.54, 1.807) is 0 Å². The molecule has 1 aliphatic carbocycles. The summed E-state index contributed by atoms with van der Waals surface area (Å²) < 4.78 is 0. The van der Waals surface area contributed by atoms with Crippen LogP contribution in [0.1, 0.15) is 33.1 Å². The summed E-state index contributed by atoms with van der Waals surface area (Å²) in [6.07, 6.45) is 2.77. The Hall–Kier alpha value is -0.900. The molecule has 0 radical (unpaired) electrons. The molecule has 2 amide bonds. The van der Waals surface area contributed by atoms with Crippen molar-refractivity contribution in [3.05, 3.63) is 0 Å². The Balaban J connectivity index is 1.84. The molecule has 4 nitrogen and oxygen atoms in total. The number of carbonyl (C=O) groups excluding carboxylic acids is 2. The smallest absolute Gasteiger partial charge is 0.244 e. The van der Waals surface area contributed by atoms with Gasteiger partial charge in [0.2, 0.25) is 11.8 Å². The summed E-state index contributed by atoms with van der Waals surface area (Å²) >= 11 is 0. The first kappa shape index (κ1) is 10.6. The molecule has 1 saturated carbocycles. The van der Waals surface area contributed by atoms with Crippen molar-refractivity contribution in [3.8, 4) is 0 Å². The third kappa shape index (κ3) is 2.04. The van der Waals surface area contributed by atoms with Crippen LogP contribution in [0.15, 0.2) is 0 Å². The van der Waals surface area contributed by atoms with Crippen molar-refractivity contribution < 1.29 is 9.59 Å². The van der Waals surface area contributed by atoms with E-state index < -0.39 is 0 Å². The highest BCUT2D eigenvalue weighted by Gasteiger charge is 2.46. The average molecular weight is 210 g/mol. The highest BCUT2D eigenvalue weighted by molar-refractivity contribution is 6.05. The maximum atomic E-state index is 11.3. The van der Waals surface area contributed by atoms with Crippen LogP contribution in [-0.4, -0.2) is 24.4 Å². The van der Waals surface area contributed by atoms with Gasteiger partial charge in [0, 0.05) is 6.54 Å². The minimum Gasteiger partial charge on any atom is -0.305 e. The molecule has 0 aromatic carbocycles. The van der Waals surface area contributed by atoms with Gasteiger partial charge in [-0.15, -0.1) is 0 Å². The van der Waals surface area contributed by atoms with Crippen molar-refractivity contribution in [2.75, 3.05) is 6.54 Å². The molecule has 0 bridgehead atoms. The largest absolute Gasteiger partial charge is 0.305 e. The predicted molar refractivity (Wildman–Crippen MR) is 56.1 cm³/mol. The molecule has 1 unspecified atom stereocenters. The van der Waals surface area contributed by atoms with E-state index in [4.69, 9.17) is 0 Å². The lowest BCUT2D eigenvalue weighted by Crippen LogP contribution is -2.40. The molecular formula is C11H18N2O2. The van der Waals surface area contributed by atoms with Gasteiger partial charge < -0.3 is 5.32 Å². The SMILES string of the molecule is CC(C)C1(CNC2CC(=O)NC2=O)CC1. The van der Waals surface area contributed by atoms with Gasteiger partial charge in [-0.3, -0.25) is 14.9 Å². The number of rotatable bonds is 4. The second-order valence-corrected chi connectivity index (χ2v) is 5.07. The van der Waals surface area contributed by atoms with E-state index in [9.17, 15) is 9.59 Å². The Labute approximate surface area is 89.8 Å². The van der Waals surface area contributed by atoms with E-state index in [1.807, 2.05) is 0 Å². The molecule has 4 heteroatoms. The van der Waals surface area contributed by atoms with E-state index in [0.717, 1.165) is 6.54 Å². The Morgan fingerprint density at radius 3 is 2.53 bits per heavy atom. The molecule has 2 rings (SSSR count). The summed E-state index contributed by atoms with van der Waals surface area (Å²) in [4.78, 5) is 22.3. The van der Waals surface area contributed by atoms with Gasteiger partial charge in [0.1, 0.15) is 0 Å². The monoisotopic (exact) mass is 210 g/mol. The molecule has 2 N–H and O–H groups in total. The lowest BCUT2D eigenvalue weighted by atomic mass is 9.92. The van der Waals surface area contributed by atoms with Gasteiger partial charge in [0.05, 0.1) is 12.5 Å². The minimum absolute atomic E-state index is 0.160. The molecule has 15 heavy (non-hydrogen) atoms. The Kier molecular flexibility index (Phi) is 2.54. The summed E-state index contributed by atoms with van der Waals surface area (Å²) in [6, 6.07) is -0.297. The summed E-state index contributed by atoms with van der Waals surface area (Å²) in [5, 5.41) is 5.53. The van der Waals surface area contributed by atoms with Crippen LogP contribution in [-0.2, 0) is 9.59 Å². The molecule has 1 aliphatic heterocycles. The zero-order chi connectivity index (χ0) is 11.1. The Morgan fingerprint density at radius 2 is 2.13 bits per heavy atom. The third-order valence-corrected chi connectivity index (χ3v) is 3.79. The normalized spacial score (nSPS) is 28.3. The van der Waals surface area contributed by atoms with Crippen molar-refractivity contribution in [2.45, 2.75) is 39.2 Å². The van der Waals surface area contributed by atoms with Crippen molar-refractivity contribution in [2.24, 2.45) is 11.3 Å². The van der Waals surface area contributed by atoms with Crippen molar-refractivity contribution >= 4 is 11.8 Å². The van der Waals surface area contributed by atoms with Gasteiger partial charge in [0.25, 0.3) is 0 Å². The van der Waals surface area contributed by atoms with Crippen LogP contribution in [0.4, 0.5) is 0 Å². The van der Waals surface area contributed by atoms with Crippen LogP contribution in [0.25, 0.3) is 0 Å². The van der Waals surface area contributed by atoms with E-state index in [1.165, 1.54) is 12.8 Å². The van der Waals surface area contributed by atoms with E-state index in [2.05, 4.69) is 24.5 Å². The number of hydrogen-bond donors (Lipinski definition) is 2. The second-order valence-electron chi connectivity index (χ2n) is 5.07. The summed E-state index contributed by atoms with van der Waals surface area (Å²) in [7, 11) is 0. The molecule has 0 aromatic heterocycles. The maximum absolute atomic E-state index is 11.3. The number of amides is 2. The fourth-order valence-corrected chi connectivity index (χ4v) is 2.16. The number of carbonyl (C=O) groups is 2. The lowest BCUT2D eigenvalue weighted by molar-refractivity contribution is -0.125. The number of imide groups is 1. The Bertz CT molecular complexity index is 295. The summed E-state index contributed by atoms with van der Waals surface area (Å²) in [5.41, 5.74) is 0.381. The molecule has 0 spiro atoms. The molecule has 0 aromatic rings. The molecule has 1 heterocycles. The summed E-state index contributed by atoms with van der Waals surface area (Å²) in [6.45, 7) is 5.29. The topological polar surface area (TPSA) is 58.2 Å². The fraction of sp³-hybridized carbons (Fsp3) is 0.818. The highest BCUT2D eigenvalue weighted by atomic mass is 16.2. The first-order chi connectivity index (χ1) is 7.03. The highest BCUT2D eigenvalue weighted by Crippen LogP contribution is 2.51. The summed E-state index contributed by atoms with van der Waals surface area (Å²) in [5.74, 6) is 0.316. The molecule has 2 fully saturated rings. The number of nitrogens with one attached hydrogen (secondary N) is 2. The van der Waals surface area contributed by atoms with Gasteiger partial charge in [-0.1, -0.05) is 13.8 Å². The van der Waals surface area contributed by atoms with Crippen molar-refractivity contribution in [1.29, 1.82) is 0 Å². The minimum atomic E-state index is -0.297. The van der Waals surface area contributed by atoms with Crippen LogP contribution in [0, 0.1) is 11.3 Å². The van der Waals surface area contributed by atoms with Crippen LogP contribution >= 0.6 is 0 Å². The van der Waals surface area contributed by atoms with Gasteiger partial charge in [-0.25, -0.2) is 0 Å². The van der Waals surface area contributed by atoms with Gasteiger partial charge in [-0.2, -0.15) is 0 Å². The fourth-order valence-electron chi connectivity index (χ4n) is 2.16. The van der Waals surface area contributed by atoms with Crippen LogP contribution in [0.3, 0.4) is 0 Å². The van der Waals surface area contributed by atoms with E-state index in [0.29, 0.717) is 17.8 Å². The second kappa shape index (κ2) is 3.59. The van der Waals surface area contributed by atoms with Gasteiger partial charge >= 0.3 is 0 Å². The van der Waals surface area contributed by atoms with Crippen LogP contribution in [0.5, 0.6) is 0 Å². The number of hydrogen-bond acceptors (Lipinski definition) is 3. The molecule has 1 saturated heterocycles. The maximum Gasteiger partial charge on any atom is 0.244 e. The molecular weight excluding hydrogens is 192 g/mol. The molecule has 1 atom stereocenters. The lowest BCUT2D eigenvalue weighted by Gasteiger charge is -2.21. The van der Waals surface area contributed by atoms with Crippen molar-refractivity contribution in [1.82, 2.24) is 10.6 Å². The van der Waals surface area contributed by atoms with Crippen LogP contribution in [0.2, 0.25) is 0 Å². The molecule has 2 aliphatic rings. The average Bonchev–Trinajstić information content (AvgIpc) is 2.87. The zero-order valence-electron chi connectivity index (χ0n) is 9.30. The quantitative estimate of drug-likeness (QED) is 0.661. The third-order valence-electron chi connectivity index (χ3n) is 3.79. The van der Waals surface area contributed by atoms with Crippen molar-refractivity contribution in [3.63, 3.8) is 0 Å². The van der Waals surface area contributed by atoms with Crippen LogP contribution < -0.4 is 10.6 Å². The Morgan fingerprint density at radius 1 is 1.47 bits per heavy atom. The van der Waals surface area contributed by atoms with Gasteiger partial charge in [0.15, 0.2) is 0 Å².